The molecule has 0 spiro atoms. The number of amides is 1. The van der Waals surface area contributed by atoms with E-state index in [2.05, 4.69) is 5.32 Å². The summed E-state index contributed by atoms with van der Waals surface area (Å²) in [6, 6.07) is 6.70. The average Bonchev–Trinajstić information content (AvgIpc) is 3.29. The van der Waals surface area contributed by atoms with Gasteiger partial charge < -0.3 is 11.1 Å². The molecule has 1 fully saturated rings. The molecule has 0 aromatic heterocycles. The summed E-state index contributed by atoms with van der Waals surface area (Å²) in [4.78, 5) is 12.5. The van der Waals surface area contributed by atoms with Crippen molar-refractivity contribution in [3.8, 4) is 0 Å². The Kier molecular flexibility index (Phi) is 4.67. The zero-order chi connectivity index (χ0) is 15.5. The zero-order valence-corrected chi connectivity index (χ0v) is 12.9. The third-order valence-corrected chi connectivity index (χ3v) is 5.10. The van der Waals surface area contributed by atoms with Crippen molar-refractivity contribution >= 4 is 5.91 Å². The van der Waals surface area contributed by atoms with Crippen LogP contribution in [0, 0.1) is 11.2 Å². The number of rotatable bonds is 7. The molecule has 1 aromatic rings. The summed E-state index contributed by atoms with van der Waals surface area (Å²) in [5.74, 6) is -0.193. The van der Waals surface area contributed by atoms with Crippen LogP contribution in [0.4, 0.5) is 4.39 Å². The van der Waals surface area contributed by atoms with E-state index in [9.17, 15) is 9.18 Å². The summed E-state index contributed by atoms with van der Waals surface area (Å²) in [6.07, 6.45) is 3.45. The summed E-state index contributed by atoms with van der Waals surface area (Å²) < 4.78 is 13.4. The van der Waals surface area contributed by atoms with Crippen molar-refractivity contribution in [2.24, 2.45) is 11.1 Å². The van der Waals surface area contributed by atoms with E-state index >= 15 is 0 Å². The van der Waals surface area contributed by atoms with Crippen LogP contribution >= 0.6 is 0 Å². The van der Waals surface area contributed by atoms with E-state index in [1.54, 1.807) is 12.1 Å². The highest BCUT2D eigenvalue weighted by Crippen LogP contribution is 2.47. The number of nitrogens with one attached hydrogen (secondary N) is 1. The number of benzene rings is 1. The van der Waals surface area contributed by atoms with Gasteiger partial charge in [-0.1, -0.05) is 26.0 Å². The second-order valence-corrected chi connectivity index (χ2v) is 6.16. The van der Waals surface area contributed by atoms with Crippen LogP contribution < -0.4 is 11.1 Å². The Hall–Kier alpha value is -1.42. The predicted molar refractivity (Wildman–Crippen MR) is 82.4 cm³/mol. The third-order valence-electron chi connectivity index (χ3n) is 5.10. The van der Waals surface area contributed by atoms with E-state index in [0.717, 1.165) is 31.2 Å². The van der Waals surface area contributed by atoms with Crippen molar-refractivity contribution in [1.29, 1.82) is 0 Å². The van der Waals surface area contributed by atoms with E-state index in [4.69, 9.17) is 5.73 Å². The van der Waals surface area contributed by atoms with Gasteiger partial charge in [-0.15, -0.1) is 0 Å². The lowest BCUT2D eigenvalue weighted by Crippen LogP contribution is -2.47. The first kappa shape index (κ1) is 16.0. The van der Waals surface area contributed by atoms with Gasteiger partial charge in [0.2, 0.25) is 5.91 Å². The molecule has 116 valence electrons. The number of carbonyl (C=O) groups excluding carboxylic acids is 1. The van der Waals surface area contributed by atoms with E-state index in [1.807, 2.05) is 19.9 Å². The fourth-order valence-electron chi connectivity index (χ4n) is 2.93. The Morgan fingerprint density at radius 3 is 2.52 bits per heavy atom. The SMILES string of the molecule is CCC(CC)(CN)C(=O)NCC1(c2cccc(F)c2)CC1. The molecule has 0 bridgehead atoms. The topological polar surface area (TPSA) is 55.1 Å². The number of carbonyl (C=O) groups is 1. The fraction of sp³-hybridized carbons (Fsp3) is 0.588. The molecule has 4 heteroatoms. The second-order valence-electron chi connectivity index (χ2n) is 6.16. The van der Waals surface area contributed by atoms with Crippen molar-refractivity contribution in [2.75, 3.05) is 13.1 Å². The maximum atomic E-state index is 13.4. The normalized spacial score (nSPS) is 16.6. The van der Waals surface area contributed by atoms with Crippen molar-refractivity contribution in [3.63, 3.8) is 0 Å². The summed E-state index contributed by atoms with van der Waals surface area (Å²) in [5.41, 5.74) is 6.23. The fourth-order valence-corrected chi connectivity index (χ4v) is 2.93. The molecule has 1 saturated carbocycles. The lowest BCUT2D eigenvalue weighted by Gasteiger charge is -2.29. The minimum Gasteiger partial charge on any atom is -0.355 e. The summed E-state index contributed by atoms with van der Waals surface area (Å²) in [7, 11) is 0. The van der Waals surface area contributed by atoms with Gasteiger partial charge in [-0.05, 0) is 43.4 Å². The van der Waals surface area contributed by atoms with Gasteiger partial charge in [-0.2, -0.15) is 0 Å². The van der Waals surface area contributed by atoms with Crippen LogP contribution in [-0.2, 0) is 10.2 Å². The highest BCUT2D eigenvalue weighted by molar-refractivity contribution is 5.83. The lowest BCUT2D eigenvalue weighted by molar-refractivity contribution is -0.131. The zero-order valence-electron chi connectivity index (χ0n) is 12.9. The molecule has 1 amide bonds. The maximum absolute atomic E-state index is 13.4. The molecule has 0 heterocycles. The van der Waals surface area contributed by atoms with Crippen LogP contribution in [0.1, 0.15) is 45.1 Å². The quantitative estimate of drug-likeness (QED) is 0.812. The van der Waals surface area contributed by atoms with Gasteiger partial charge in [0, 0.05) is 18.5 Å². The van der Waals surface area contributed by atoms with E-state index in [-0.39, 0.29) is 17.1 Å². The first-order valence-electron chi connectivity index (χ1n) is 7.76. The third kappa shape index (κ3) is 3.10. The summed E-state index contributed by atoms with van der Waals surface area (Å²) in [6.45, 7) is 4.92. The first-order chi connectivity index (χ1) is 10.0. The summed E-state index contributed by atoms with van der Waals surface area (Å²) >= 11 is 0. The van der Waals surface area contributed by atoms with Crippen LogP contribution in [0.5, 0.6) is 0 Å². The van der Waals surface area contributed by atoms with Gasteiger partial charge >= 0.3 is 0 Å². The van der Waals surface area contributed by atoms with Crippen LogP contribution in [0.25, 0.3) is 0 Å². The highest BCUT2D eigenvalue weighted by atomic mass is 19.1. The Balaban J connectivity index is 2.04. The molecule has 0 aliphatic heterocycles. The molecule has 3 nitrogen and oxygen atoms in total. The minimum atomic E-state index is -0.474. The van der Waals surface area contributed by atoms with Crippen molar-refractivity contribution < 1.29 is 9.18 Å². The van der Waals surface area contributed by atoms with Gasteiger partial charge in [0.05, 0.1) is 5.41 Å². The molecule has 0 atom stereocenters. The molecular weight excluding hydrogens is 267 g/mol. The molecule has 2 rings (SSSR count). The Bertz CT molecular complexity index is 499. The first-order valence-corrected chi connectivity index (χ1v) is 7.76. The standard InChI is InChI=1S/C17H25FN2O/c1-3-16(4-2,11-19)15(21)20-12-17(8-9-17)13-6-5-7-14(18)10-13/h5-7,10H,3-4,8-9,11-12,19H2,1-2H3,(H,20,21). The molecule has 0 saturated heterocycles. The average molecular weight is 292 g/mol. The Morgan fingerprint density at radius 1 is 1.38 bits per heavy atom. The van der Waals surface area contributed by atoms with Crippen LogP contribution in [0.3, 0.4) is 0 Å². The van der Waals surface area contributed by atoms with Gasteiger partial charge in [0.15, 0.2) is 0 Å². The Labute approximate surface area is 126 Å². The van der Waals surface area contributed by atoms with Crippen molar-refractivity contribution in [3.05, 3.63) is 35.6 Å². The number of nitrogens with two attached hydrogens (primary N) is 1. The molecular formula is C17H25FN2O. The molecule has 1 aromatic carbocycles. The smallest absolute Gasteiger partial charge is 0.227 e. The van der Waals surface area contributed by atoms with Crippen molar-refractivity contribution in [2.45, 2.75) is 44.9 Å². The molecule has 1 aliphatic carbocycles. The molecule has 0 unspecified atom stereocenters. The molecule has 21 heavy (non-hydrogen) atoms. The van der Waals surface area contributed by atoms with E-state index in [1.165, 1.54) is 6.07 Å². The second kappa shape index (κ2) is 6.14. The van der Waals surface area contributed by atoms with Gasteiger partial charge in [0.25, 0.3) is 0 Å². The van der Waals surface area contributed by atoms with Crippen LogP contribution in [0.15, 0.2) is 24.3 Å². The van der Waals surface area contributed by atoms with Gasteiger partial charge in [0.1, 0.15) is 5.82 Å². The highest BCUT2D eigenvalue weighted by Gasteiger charge is 2.45. The largest absolute Gasteiger partial charge is 0.355 e. The number of hydrogen-bond donors (Lipinski definition) is 2. The molecule has 0 radical (unpaired) electrons. The monoisotopic (exact) mass is 292 g/mol. The van der Waals surface area contributed by atoms with Crippen LogP contribution in [0.2, 0.25) is 0 Å². The molecule has 3 N–H and O–H groups in total. The predicted octanol–water partition coefficient (Wildman–Crippen LogP) is 2.74. The molecule has 1 aliphatic rings. The van der Waals surface area contributed by atoms with E-state index < -0.39 is 5.41 Å². The van der Waals surface area contributed by atoms with E-state index in [0.29, 0.717) is 13.1 Å². The minimum absolute atomic E-state index is 0.0256. The van der Waals surface area contributed by atoms with Gasteiger partial charge in [-0.3, -0.25) is 4.79 Å². The van der Waals surface area contributed by atoms with Gasteiger partial charge in [-0.25, -0.2) is 4.39 Å². The summed E-state index contributed by atoms with van der Waals surface area (Å²) in [5, 5.41) is 3.06. The number of halogens is 1. The maximum Gasteiger partial charge on any atom is 0.227 e. The van der Waals surface area contributed by atoms with Crippen LogP contribution in [-0.4, -0.2) is 19.0 Å². The Morgan fingerprint density at radius 2 is 2.05 bits per heavy atom. The lowest BCUT2D eigenvalue weighted by atomic mass is 9.81. The number of hydrogen-bond acceptors (Lipinski definition) is 2. The van der Waals surface area contributed by atoms with Crippen molar-refractivity contribution in [1.82, 2.24) is 5.32 Å².